The van der Waals surface area contributed by atoms with Crippen LogP contribution in [0.2, 0.25) is 0 Å². The largest absolute Gasteiger partial charge is 0.501 e. The molecule has 0 bridgehead atoms. The Morgan fingerprint density at radius 2 is 1.95 bits per heavy atom. The normalized spacial score (nSPS) is 20.0. The van der Waals surface area contributed by atoms with Gasteiger partial charge in [-0.25, -0.2) is 0 Å². The van der Waals surface area contributed by atoms with E-state index in [4.69, 9.17) is 9.47 Å². The molecule has 0 saturated carbocycles. The molecule has 0 aliphatic carbocycles. The third kappa shape index (κ3) is 1.94. The third-order valence-corrected chi connectivity index (χ3v) is 4.21. The molecule has 0 spiro atoms. The first kappa shape index (κ1) is 14.7. The van der Waals surface area contributed by atoms with E-state index in [0.29, 0.717) is 12.2 Å². The van der Waals surface area contributed by atoms with Crippen LogP contribution in [0, 0.1) is 0 Å². The van der Waals surface area contributed by atoms with E-state index in [1.807, 2.05) is 24.0 Å². The van der Waals surface area contributed by atoms with E-state index in [1.165, 1.54) is 0 Å². The van der Waals surface area contributed by atoms with E-state index in [2.05, 4.69) is 26.8 Å². The molecule has 116 valence electrons. The topological polar surface area (TPSA) is 38.8 Å². The standard InChI is InChI=1S/C18H21NO3/c1-6-22-10-15-14-8-12(21-5)7-13-11(2)9-18(3,4)19(16(13)14)17(15)20/h7-10H,6H2,1-5H3. The minimum Gasteiger partial charge on any atom is -0.501 e. The molecule has 1 aromatic carbocycles. The molecule has 0 unspecified atom stereocenters. The molecule has 2 heterocycles. The summed E-state index contributed by atoms with van der Waals surface area (Å²) in [7, 11) is 1.64. The highest BCUT2D eigenvalue weighted by molar-refractivity contribution is 6.34. The lowest BCUT2D eigenvalue weighted by Gasteiger charge is -2.38. The summed E-state index contributed by atoms with van der Waals surface area (Å²) in [5.74, 6) is 0.727. The Hall–Kier alpha value is -2.23. The summed E-state index contributed by atoms with van der Waals surface area (Å²) in [4.78, 5) is 14.8. The Kier molecular flexibility index (Phi) is 3.28. The van der Waals surface area contributed by atoms with E-state index < -0.39 is 0 Å². The van der Waals surface area contributed by atoms with Gasteiger partial charge < -0.3 is 9.47 Å². The van der Waals surface area contributed by atoms with Crippen LogP contribution in [0.25, 0.3) is 11.1 Å². The molecular formula is C18H21NO3. The van der Waals surface area contributed by atoms with Gasteiger partial charge in [0.2, 0.25) is 0 Å². The molecule has 0 fully saturated rings. The van der Waals surface area contributed by atoms with Crippen molar-refractivity contribution < 1.29 is 14.3 Å². The molecule has 3 rings (SSSR count). The lowest BCUT2D eigenvalue weighted by molar-refractivity contribution is -0.113. The second kappa shape index (κ2) is 4.90. The quantitative estimate of drug-likeness (QED) is 0.632. The van der Waals surface area contributed by atoms with Crippen molar-refractivity contribution in [1.29, 1.82) is 0 Å². The number of carbonyl (C=O) groups excluding carboxylic acids is 1. The second-order valence-electron chi connectivity index (χ2n) is 6.18. The van der Waals surface area contributed by atoms with Gasteiger partial charge >= 0.3 is 0 Å². The molecule has 22 heavy (non-hydrogen) atoms. The smallest absolute Gasteiger partial charge is 0.262 e. The SMILES string of the molecule is CCOC=C1C(=O)N2c3c(cc(OC)cc31)C(C)=CC2(C)C. The van der Waals surface area contributed by atoms with E-state index in [1.54, 1.807) is 13.4 Å². The van der Waals surface area contributed by atoms with Crippen LogP contribution in [0.3, 0.4) is 0 Å². The van der Waals surface area contributed by atoms with Crippen molar-refractivity contribution in [2.45, 2.75) is 33.2 Å². The molecule has 0 aromatic heterocycles. The third-order valence-electron chi connectivity index (χ3n) is 4.21. The summed E-state index contributed by atoms with van der Waals surface area (Å²) in [6.07, 6.45) is 3.70. The van der Waals surface area contributed by atoms with E-state index >= 15 is 0 Å². The number of hydrogen-bond acceptors (Lipinski definition) is 3. The predicted molar refractivity (Wildman–Crippen MR) is 87.8 cm³/mol. The molecule has 0 atom stereocenters. The summed E-state index contributed by atoms with van der Waals surface area (Å²) >= 11 is 0. The van der Waals surface area contributed by atoms with Crippen LogP contribution in [-0.2, 0) is 9.53 Å². The maximum Gasteiger partial charge on any atom is 0.262 e. The average Bonchev–Trinajstić information content (AvgIpc) is 2.75. The number of rotatable bonds is 3. The zero-order valence-electron chi connectivity index (χ0n) is 13.7. The van der Waals surface area contributed by atoms with Crippen LogP contribution in [-0.4, -0.2) is 25.2 Å². The Morgan fingerprint density at radius 3 is 2.59 bits per heavy atom. The Morgan fingerprint density at radius 1 is 1.27 bits per heavy atom. The number of amides is 1. The van der Waals surface area contributed by atoms with Crippen molar-refractivity contribution in [3.63, 3.8) is 0 Å². The molecule has 1 aromatic rings. The van der Waals surface area contributed by atoms with Gasteiger partial charge in [0.25, 0.3) is 5.91 Å². The van der Waals surface area contributed by atoms with Gasteiger partial charge in [-0.15, -0.1) is 0 Å². The minimum absolute atomic E-state index is 0.0216. The van der Waals surface area contributed by atoms with Crippen LogP contribution in [0.15, 0.2) is 24.5 Å². The number of methoxy groups -OCH3 is 1. The number of ether oxygens (including phenoxy) is 2. The lowest BCUT2D eigenvalue weighted by Crippen LogP contribution is -2.46. The Bertz CT molecular complexity index is 713. The fourth-order valence-corrected chi connectivity index (χ4v) is 3.31. The number of carbonyl (C=O) groups is 1. The number of allylic oxidation sites excluding steroid dienone is 1. The van der Waals surface area contributed by atoms with Crippen molar-refractivity contribution in [3.8, 4) is 5.75 Å². The molecule has 4 heteroatoms. The van der Waals surface area contributed by atoms with Gasteiger partial charge in [0.1, 0.15) is 5.75 Å². The number of anilines is 1. The second-order valence-corrected chi connectivity index (χ2v) is 6.18. The Balaban J connectivity index is 2.31. The molecule has 4 nitrogen and oxygen atoms in total. The highest BCUT2D eigenvalue weighted by Crippen LogP contribution is 2.50. The average molecular weight is 299 g/mol. The number of benzene rings is 1. The van der Waals surface area contributed by atoms with Crippen molar-refractivity contribution in [3.05, 3.63) is 35.6 Å². The molecule has 0 saturated heterocycles. The summed E-state index contributed by atoms with van der Waals surface area (Å²) in [6, 6.07) is 3.90. The number of nitrogens with zero attached hydrogens (tertiary/aromatic N) is 1. The van der Waals surface area contributed by atoms with Crippen molar-refractivity contribution >= 4 is 22.7 Å². The van der Waals surface area contributed by atoms with Gasteiger partial charge in [0.15, 0.2) is 0 Å². The zero-order chi connectivity index (χ0) is 16.1. The molecular weight excluding hydrogens is 278 g/mol. The van der Waals surface area contributed by atoms with Crippen LogP contribution < -0.4 is 9.64 Å². The van der Waals surface area contributed by atoms with Crippen molar-refractivity contribution in [2.24, 2.45) is 0 Å². The minimum atomic E-state index is -0.362. The summed E-state index contributed by atoms with van der Waals surface area (Å²) in [5.41, 5.74) is 4.27. The van der Waals surface area contributed by atoms with E-state index in [-0.39, 0.29) is 11.4 Å². The van der Waals surface area contributed by atoms with Gasteiger partial charge in [-0.3, -0.25) is 9.69 Å². The van der Waals surface area contributed by atoms with Gasteiger partial charge in [-0.1, -0.05) is 6.08 Å². The molecule has 1 amide bonds. The fourth-order valence-electron chi connectivity index (χ4n) is 3.31. The van der Waals surface area contributed by atoms with Crippen LogP contribution in [0.5, 0.6) is 5.75 Å². The first-order valence-corrected chi connectivity index (χ1v) is 7.49. The summed E-state index contributed by atoms with van der Waals surface area (Å²) < 4.78 is 10.8. The van der Waals surface area contributed by atoms with Gasteiger partial charge in [0, 0.05) is 11.1 Å². The first-order valence-electron chi connectivity index (χ1n) is 7.49. The van der Waals surface area contributed by atoms with Crippen LogP contribution in [0.1, 0.15) is 38.8 Å². The predicted octanol–water partition coefficient (Wildman–Crippen LogP) is 3.61. The van der Waals surface area contributed by atoms with Gasteiger partial charge in [-0.05, 0) is 45.4 Å². The monoisotopic (exact) mass is 299 g/mol. The lowest BCUT2D eigenvalue weighted by atomic mass is 9.89. The maximum atomic E-state index is 12.9. The molecule has 0 radical (unpaired) electrons. The molecule has 2 aliphatic rings. The van der Waals surface area contributed by atoms with Gasteiger partial charge in [0.05, 0.1) is 36.8 Å². The zero-order valence-corrected chi connectivity index (χ0v) is 13.7. The van der Waals surface area contributed by atoms with Crippen molar-refractivity contribution in [2.75, 3.05) is 18.6 Å². The van der Waals surface area contributed by atoms with Gasteiger partial charge in [-0.2, -0.15) is 0 Å². The summed E-state index contributed by atoms with van der Waals surface area (Å²) in [5, 5.41) is 0. The number of hydrogen-bond donors (Lipinski definition) is 0. The Labute approximate surface area is 131 Å². The molecule has 0 N–H and O–H groups in total. The van der Waals surface area contributed by atoms with E-state index in [9.17, 15) is 4.79 Å². The maximum absolute atomic E-state index is 12.9. The first-order chi connectivity index (χ1) is 10.4. The van der Waals surface area contributed by atoms with E-state index in [0.717, 1.165) is 28.1 Å². The molecule has 2 aliphatic heterocycles. The summed E-state index contributed by atoms with van der Waals surface area (Å²) in [6.45, 7) is 8.61. The van der Waals surface area contributed by atoms with Crippen LogP contribution in [0.4, 0.5) is 5.69 Å². The highest BCUT2D eigenvalue weighted by atomic mass is 16.5. The fraction of sp³-hybridized carbons (Fsp3) is 0.389. The van der Waals surface area contributed by atoms with Crippen LogP contribution >= 0.6 is 0 Å². The highest BCUT2D eigenvalue weighted by Gasteiger charge is 2.44. The van der Waals surface area contributed by atoms with Crippen molar-refractivity contribution in [1.82, 2.24) is 0 Å².